The molecule has 1 aliphatic rings. The summed E-state index contributed by atoms with van der Waals surface area (Å²) in [6.45, 7) is 4.62. The number of ether oxygens (including phenoxy) is 2. The van der Waals surface area contributed by atoms with Crippen LogP contribution in [-0.4, -0.2) is 44.3 Å². The summed E-state index contributed by atoms with van der Waals surface area (Å²) < 4.78 is 9.86. The van der Waals surface area contributed by atoms with Gasteiger partial charge in [-0.1, -0.05) is 0 Å². The van der Waals surface area contributed by atoms with Crippen molar-refractivity contribution in [3.63, 3.8) is 0 Å². The van der Waals surface area contributed by atoms with Gasteiger partial charge in [-0.2, -0.15) is 0 Å². The number of hydrogen-bond donors (Lipinski definition) is 2. The molecular formula is C12H22N2O4. The number of methoxy groups -OCH3 is 1. The van der Waals surface area contributed by atoms with Crippen molar-refractivity contribution in [2.75, 3.05) is 26.9 Å². The highest BCUT2D eigenvalue weighted by Gasteiger charge is 2.37. The van der Waals surface area contributed by atoms with Crippen molar-refractivity contribution in [3.05, 3.63) is 0 Å². The molecule has 1 rings (SSSR count). The van der Waals surface area contributed by atoms with Crippen LogP contribution in [0.15, 0.2) is 0 Å². The summed E-state index contributed by atoms with van der Waals surface area (Å²) in [4.78, 5) is 23.5. The summed E-state index contributed by atoms with van der Waals surface area (Å²) in [6, 6.07) is 0. The topological polar surface area (TPSA) is 90.7 Å². The van der Waals surface area contributed by atoms with E-state index in [-0.39, 0.29) is 18.4 Å². The highest BCUT2D eigenvalue weighted by atomic mass is 16.5. The fourth-order valence-electron chi connectivity index (χ4n) is 1.79. The maximum absolute atomic E-state index is 12.0. The van der Waals surface area contributed by atoms with E-state index in [1.165, 1.54) is 7.11 Å². The van der Waals surface area contributed by atoms with Gasteiger partial charge in [-0.05, 0) is 26.7 Å². The summed E-state index contributed by atoms with van der Waals surface area (Å²) in [5, 5.41) is 2.73. The van der Waals surface area contributed by atoms with Crippen molar-refractivity contribution in [1.82, 2.24) is 5.32 Å². The molecule has 3 N–H and O–H groups in total. The Balaban J connectivity index is 2.52. The number of nitrogens with two attached hydrogens (primary N) is 1. The molecule has 1 aliphatic heterocycles. The second kappa shape index (κ2) is 5.67. The molecule has 0 unspecified atom stereocenters. The van der Waals surface area contributed by atoms with Crippen LogP contribution in [-0.2, 0) is 19.1 Å². The number of rotatable bonds is 4. The zero-order valence-corrected chi connectivity index (χ0v) is 11.2. The van der Waals surface area contributed by atoms with Crippen molar-refractivity contribution in [2.24, 2.45) is 11.1 Å². The minimum Gasteiger partial charge on any atom is -0.469 e. The van der Waals surface area contributed by atoms with Crippen LogP contribution in [0.3, 0.4) is 0 Å². The van der Waals surface area contributed by atoms with Crippen LogP contribution in [0.1, 0.15) is 26.7 Å². The molecule has 104 valence electrons. The standard InChI is InChI=1S/C12H22N2O4/c1-11(2,10(16)17-3)8-14-9(15)12(13)4-6-18-7-5-12/h4-8,13H2,1-3H3,(H,14,15). The minimum absolute atomic E-state index is 0.207. The van der Waals surface area contributed by atoms with Crippen LogP contribution >= 0.6 is 0 Å². The van der Waals surface area contributed by atoms with Crippen LogP contribution in [0.4, 0.5) is 0 Å². The van der Waals surface area contributed by atoms with E-state index in [4.69, 9.17) is 10.5 Å². The molecule has 6 nitrogen and oxygen atoms in total. The molecule has 0 radical (unpaired) electrons. The van der Waals surface area contributed by atoms with E-state index < -0.39 is 11.0 Å². The van der Waals surface area contributed by atoms with Crippen LogP contribution in [0.25, 0.3) is 0 Å². The lowest BCUT2D eigenvalue weighted by Gasteiger charge is -2.33. The molecule has 0 aromatic heterocycles. The summed E-state index contributed by atoms with van der Waals surface area (Å²) in [6.07, 6.45) is 0.995. The summed E-state index contributed by atoms with van der Waals surface area (Å²) in [5.41, 5.74) is 4.39. The molecule has 0 atom stereocenters. The Morgan fingerprint density at radius 3 is 2.44 bits per heavy atom. The molecule has 1 amide bonds. The molecule has 1 saturated heterocycles. The number of carbonyl (C=O) groups is 2. The smallest absolute Gasteiger partial charge is 0.313 e. The van der Waals surface area contributed by atoms with Crippen molar-refractivity contribution in [2.45, 2.75) is 32.2 Å². The molecule has 0 aliphatic carbocycles. The number of nitrogens with one attached hydrogen (secondary N) is 1. The highest BCUT2D eigenvalue weighted by molar-refractivity contribution is 5.87. The van der Waals surface area contributed by atoms with Crippen LogP contribution < -0.4 is 11.1 Å². The van der Waals surface area contributed by atoms with Gasteiger partial charge in [0.15, 0.2) is 0 Å². The Hall–Kier alpha value is -1.14. The van der Waals surface area contributed by atoms with E-state index in [1.54, 1.807) is 13.8 Å². The molecular weight excluding hydrogens is 236 g/mol. The predicted molar refractivity (Wildman–Crippen MR) is 65.8 cm³/mol. The fourth-order valence-corrected chi connectivity index (χ4v) is 1.79. The maximum atomic E-state index is 12.0. The van der Waals surface area contributed by atoms with E-state index in [0.717, 1.165) is 0 Å². The second-order valence-electron chi connectivity index (χ2n) is 5.33. The van der Waals surface area contributed by atoms with Crippen molar-refractivity contribution in [3.8, 4) is 0 Å². The van der Waals surface area contributed by atoms with Crippen LogP contribution in [0, 0.1) is 5.41 Å². The van der Waals surface area contributed by atoms with Crippen LogP contribution in [0.5, 0.6) is 0 Å². The van der Waals surface area contributed by atoms with Gasteiger partial charge < -0.3 is 20.5 Å². The molecule has 0 saturated carbocycles. The van der Waals surface area contributed by atoms with Crippen molar-refractivity contribution in [1.29, 1.82) is 0 Å². The third kappa shape index (κ3) is 3.43. The average Bonchev–Trinajstić information content (AvgIpc) is 2.35. The van der Waals surface area contributed by atoms with Gasteiger partial charge >= 0.3 is 5.97 Å². The number of carbonyl (C=O) groups excluding carboxylic acids is 2. The van der Waals surface area contributed by atoms with Gasteiger partial charge in [0.2, 0.25) is 5.91 Å². The molecule has 1 heterocycles. The summed E-state index contributed by atoms with van der Waals surface area (Å²) in [7, 11) is 1.33. The lowest BCUT2D eigenvalue weighted by Crippen LogP contribution is -2.58. The number of amides is 1. The molecule has 1 fully saturated rings. The first-order valence-corrected chi connectivity index (χ1v) is 6.05. The lowest BCUT2D eigenvalue weighted by molar-refractivity contribution is -0.150. The second-order valence-corrected chi connectivity index (χ2v) is 5.33. The molecule has 6 heteroatoms. The van der Waals surface area contributed by atoms with Gasteiger partial charge in [-0.3, -0.25) is 9.59 Å². The molecule has 0 aromatic carbocycles. The van der Waals surface area contributed by atoms with Gasteiger partial charge in [0, 0.05) is 19.8 Å². The Bertz CT molecular complexity index is 322. The Morgan fingerprint density at radius 1 is 1.39 bits per heavy atom. The molecule has 0 spiro atoms. The Kier molecular flexibility index (Phi) is 4.70. The minimum atomic E-state index is -0.884. The van der Waals surface area contributed by atoms with Crippen molar-refractivity contribution < 1.29 is 19.1 Å². The van der Waals surface area contributed by atoms with Crippen molar-refractivity contribution >= 4 is 11.9 Å². The first-order valence-electron chi connectivity index (χ1n) is 6.05. The van der Waals surface area contributed by atoms with Gasteiger partial charge in [0.1, 0.15) is 0 Å². The van der Waals surface area contributed by atoms with E-state index in [1.807, 2.05) is 0 Å². The monoisotopic (exact) mass is 258 g/mol. The third-order valence-electron chi connectivity index (χ3n) is 3.27. The van der Waals surface area contributed by atoms with E-state index in [2.05, 4.69) is 10.1 Å². The molecule has 0 bridgehead atoms. The highest BCUT2D eigenvalue weighted by Crippen LogP contribution is 2.19. The molecule has 0 aromatic rings. The number of hydrogen-bond acceptors (Lipinski definition) is 5. The molecule has 18 heavy (non-hydrogen) atoms. The van der Waals surface area contributed by atoms with Gasteiger partial charge in [0.05, 0.1) is 18.1 Å². The van der Waals surface area contributed by atoms with Gasteiger partial charge in [0.25, 0.3) is 0 Å². The summed E-state index contributed by atoms with van der Waals surface area (Å²) in [5.74, 6) is -0.594. The average molecular weight is 258 g/mol. The zero-order chi connectivity index (χ0) is 13.8. The maximum Gasteiger partial charge on any atom is 0.313 e. The van der Waals surface area contributed by atoms with Gasteiger partial charge in [-0.15, -0.1) is 0 Å². The SMILES string of the molecule is COC(=O)C(C)(C)CNC(=O)C1(N)CCOCC1. The predicted octanol–water partition coefficient (Wildman–Crippen LogP) is -0.190. The first-order chi connectivity index (χ1) is 8.32. The Morgan fingerprint density at radius 2 is 1.94 bits per heavy atom. The zero-order valence-electron chi connectivity index (χ0n) is 11.2. The van der Waals surface area contributed by atoms with Gasteiger partial charge in [-0.25, -0.2) is 0 Å². The normalized spacial score (nSPS) is 19.1. The largest absolute Gasteiger partial charge is 0.469 e. The number of esters is 1. The fraction of sp³-hybridized carbons (Fsp3) is 0.833. The van der Waals surface area contributed by atoms with E-state index in [0.29, 0.717) is 26.1 Å². The summed E-state index contributed by atoms with van der Waals surface area (Å²) >= 11 is 0. The Labute approximate surface area is 107 Å². The van der Waals surface area contributed by atoms with E-state index in [9.17, 15) is 9.59 Å². The first kappa shape index (κ1) is 14.9. The quantitative estimate of drug-likeness (QED) is 0.682. The third-order valence-corrected chi connectivity index (χ3v) is 3.27. The lowest BCUT2D eigenvalue weighted by atomic mass is 9.89. The van der Waals surface area contributed by atoms with Crippen LogP contribution in [0.2, 0.25) is 0 Å². The van der Waals surface area contributed by atoms with E-state index >= 15 is 0 Å².